The number of nitrogens with zero attached hydrogens (tertiary/aromatic N) is 2. The first kappa shape index (κ1) is 23.6. The number of rotatable bonds is 7. The number of aliphatic hydroxyl groups excluding tert-OH is 1. The Kier molecular flexibility index (Phi) is 6.64. The van der Waals surface area contributed by atoms with E-state index < -0.39 is 23.5 Å². The molecule has 0 aliphatic carbocycles. The molecule has 0 saturated carbocycles. The summed E-state index contributed by atoms with van der Waals surface area (Å²) in [7, 11) is 1.53. The van der Waals surface area contributed by atoms with Crippen LogP contribution in [0.2, 0.25) is 0 Å². The number of fused-ring (bicyclic) bond motifs is 1. The Bertz CT molecular complexity index is 1310. The normalized spacial score (nSPS) is 19.1. The van der Waals surface area contributed by atoms with Crippen LogP contribution in [0.3, 0.4) is 0 Å². The fourth-order valence-corrected chi connectivity index (χ4v) is 5.07. The molecule has 5 rings (SSSR count). The van der Waals surface area contributed by atoms with E-state index in [1.807, 2.05) is 30.3 Å². The highest BCUT2D eigenvalue weighted by Gasteiger charge is 2.44. The van der Waals surface area contributed by atoms with Crippen molar-refractivity contribution in [2.45, 2.75) is 6.04 Å². The molecule has 35 heavy (non-hydrogen) atoms. The molecule has 1 fully saturated rings. The highest BCUT2D eigenvalue weighted by Crippen LogP contribution is 2.40. The Hall–Kier alpha value is -3.14. The maximum absolute atomic E-state index is 13.7. The van der Waals surface area contributed by atoms with Crippen LogP contribution in [0.15, 0.2) is 68.8 Å². The van der Waals surface area contributed by atoms with E-state index >= 15 is 0 Å². The Balaban J connectivity index is 1.52. The minimum atomic E-state index is -0.747. The molecule has 0 bridgehead atoms. The summed E-state index contributed by atoms with van der Waals surface area (Å²) < 4.78 is 17.4. The van der Waals surface area contributed by atoms with E-state index in [4.69, 9.17) is 13.9 Å². The van der Waals surface area contributed by atoms with Crippen molar-refractivity contribution in [1.29, 1.82) is 0 Å². The van der Waals surface area contributed by atoms with Gasteiger partial charge in [0.2, 0.25) is 5.78 Å². The molecule has 2 aliphatic heterocycles. The van der Waals surface area contributed by atoms with E-state index in [0.717, 1.165) is 23.1 Å². The van der Waals surface area contributed by atoms with Crippen molar-refractivity contribution in [1.82, 2.24) is 9.80 Å². The number of Topliss-reactive ketones (excluding diaryl/α,β-unsaturated/α-hetero) is 1. The molecular formula is C26H25BrN2O6. The van der Waals surface area contributed by atoms with Crippen molar-refractivity contribution in [3.8, 4) is 5.75 Å². The van der Waals surface area contributed by atoms with Gasteiger partial charge in [0.15, 0.2) is 22.9 Å². The summed E-state index contributed by atoms with van der Waals surface area (Å²) in [5, 5.41) is 11.6. The van der Waals surface area contributed by atoms with Gasteiger partial charge in [0.1, 0.15) is 0 Å². The standard InChI is InChI=1S/C26H25BrN2O6/c1-33-19-7-3-5-17-15-20(35-25(17)19)23(30)21-22(16-4-2-6-18(27)14-16)29(26(32)24(21)31)9-8-28-10-12-34-13-11-28/h2-7,14-15,22,31H,8-13H2,1H3/t22-/m0/s1. The number of aliphatic hydroxyl groups is 1. The first-order valence-corrected chi connectivity index (χ1v) is 12.2. The fourth-order valence-electron chi connectivity index (χ4n) is 4.66. The molecule has 1 aromatic heterocycles. The van der Waals surface area contributed by atoms with E-state index in [9.17, 15) is 14.7 Å². The Labute approximate surface area is 210 Å². The average Bonchev–Trinajstić information content (AvgIpc) is 3.42. The number of halogens is 1. The first-order valence-electron chi connectivity index (χ1n) is 11.4. The molecule has 2 aromatic carbocycles. The molecular weight excluding hydrogens is 516 g/mol. The van der Waals surface area contributed by atoms with Crippen LogP contribution >= 0.6 is 15.9 Å². The van der Waals surface area contributed by atoms with Gasteiger partial charge in [0.25, 0.3) is 5.91 Å². The number of carbonyl (C=O) groups excluding carboxylic acids is 2. The molecule has 1 amide bonds. The summed E-state index contributed by atoms with van der Waals surface area (Å²) in [6.45, 7) is 3.80. The number of hydrogen-bond donors (Lipinski definition) is 1. The number of amides is 1. The minimum Gasteiger partial charge on any atom is -0.503 e. The molecule has 0 radical (unpaired) electrons. The molecule has 182 valence electrons. The second-order valence-electron chi connectivity index (χ2n) is 8.49. The summed E-state index contributed by atoms with van der Waals surface area (Å²) in [5.74, 6) is -1.12. The minimum absolute atomic E-state index is 0.00750. The summed E-state index contributed by atoms with van der Waals surface area (Å²) in [5.41, 5.74) is 1.16. The topological polar surface area (TPSA) is 92.5 Å². The van der Waals surface area contributed by atoms with E-state index in [1.54, 1.807) is 23.1 Å². The predicted molar refractivity (Wildman–Crippen MR) is 133 cm³/mol. The van der Waals surface area contributed by atoms with Crippen LogP contribution in [-0.2, 0) is 9.53 Å². The van der Waals surface area contributed by atoms with E-state index in [0.29, 0.717) is 43.0 Å². The molecule has 1 saturated heterocycles. The van der Waals surface area contributed by atoms with Gasteiger partial charge in [0, 0.05) is 36.0 Å². The van der Waals surface area contributed by atoms with Gasteiger partial charge < -0.3 is 23.9 Å². The predicted octanol–water partition coefficient (Wildman–Crippen LogP) is 4.11. The lowest BCUT2D eigenvalue weighted by Crippen LogP contribution is -2.43. The van der Waals surface area contributed by atoms with Gasteiger partial charge in [-0.05, 0) is 29.8 Å². The molecule has 0 unspecified atom stereocenters. The molecule has 0 spiro atoms. The Morgan fingerprint density at radius 2 is 1.91 bits per heavy atom. The zero-order valence-electron chi connectivity index (χ0n) is 19.2. The summed E-state index contributed by atoms with van der Waals surface area (Å²) in [4.78, 5) is 30.7. The van der Waals surface area contributed by atoms with Gasteiger partial charge in [-0.15, -0.1) is 0 Å². The highest BCUT2D eigenvalue weighted by atomic mass is 79.9. The van der Waals surface area contributed by atoms with Crippen LogP contribution in [-0.4, -0.2) is 73.1 Å². The maximum Gasteiger partial charge on any atom is 0.290 e. The average molecular weight is 541 g/mol. The molecule has 3 heterocycles. The van der Waals surface area contributed by atoms with Gasteiger partial charge in [-0.2, -0.15) is 0 Å². The van der Waals surface area contributed by atoms with Crippen molar-refractivity contribution in [2.75, 3.05) is 46.5 Å². The highest BCUT2D eigenvalue weighted by molar-refractivity contribution is 9.10. The monoisotopic (exact) mass is 540 g/mol. The molecule has 1 atom stereocenters. The quantitative estimate of drug-likeness (QED) is 0.450. The summed E-state index contributed by atoms with van der Waals surface area (Å²) in [6, 6.07) is 13.6. The van der Waals surface area contributed by atoms with E-state index in [-0.39, 0.29) is 11.3 Å². The summed E-state index contributed by atoms with van der Waals surface area (Å²) >= 11 is 3.48. The number of ketones is 1. The fraction of sp³-hybridized carbons (Fsp3) is 0.308. The molecule has 3 aromatic rings. The maximum atomic E-state index is 13.7. The number of morpholine rings is 1. The smallest absolute Gasteiger partial charge is 0.290 e. The third-order valence-corrected chi connectivity index (χ3v) is 6.92. The van der Waals surface area contributed by atoms with Crippen molar-refractivity contribution in [2.24, 2.45) is 0 Å². The van der Waals surface area contributed by atoms with Gasteiger partial charge in [0.05, 0.1) is 31.9 Å². The van der Waals surface area contributed by atoms with Crippen LogP contribution in [0.1, 0.15) is 22.2 Å². The van der Waals surface area contributed by atoms with Crippen LogP contribution in [0.25, 0.3) is 11.0 Å². The molecule has 1 N–H and O–H groups in total. The number of hydrogen-bond acceptors (Lipinski definition) is 7. The van der Waals surface area contributed by atoms with E-state index in [1.165, 1.54) is 7.11 Å². The van der Waals surface area contributed by atoms with Gasteiger partial charge in [-0.25, -0.2) is 0 Å². The number of carbonyl (C=O) groups is 2. The van der Waals surface area contributed by atoms with Crippen molar-refractivity contribution in [3.63, 3.8) is 0 Å². The van der Waals surface area contributed by atoms with Crippen LogP contribution in [0.4, 0.5) is 0 Å². The van der Waals surface area contributed by atoms with E-state index in [2.05, 4.69) is 20.8 Å². The Morgan fingerprint density at radius 3 is 2.66 bits per heavy atom. The number of ether oxygens (including phenoxy) is 2. The Morgan fingerprint density at radius 1 is 1.14 bits per heavy atom. The lowest BCUT2D eigenvalue weighted by molar-refractivity contribution is -0.129. The van der Waals surface area contributed by atoms with Gasteiger partial charge in [-0.3, -0.25) is 14.5 Å². The number of para-hydroxylation sites is 1. The molecule has 2 aliphatic rings. The van der Waals surface area contributed by atoms with Crippen LogP contribution < -0.4 is 4.74 Å². The number of methoxy groups -OCH3 is 1. The SMILES string of the molecule is COc1cccc2cc(C(=O)C3=C(O)C(=O)N(CCN4CCOCC4)[C@H]3c3cccc(Br)c3)oc12. The van der Waals surface area contributed by atoms with Crippen LogP contribution in [0, 0.1) is 0 Å². The molecule has 8 nitrogen and oxygen atoms in total. The van der Waals surface area contributed by atoms with Crippen LogP contribution in [0.5, 0.6) is 5.75 Å². The van der Waals surface area contributed by atoms with Gasteiger partial charge in [-0.1, -0.05) is 40.2 Å². The largest absolute Gasteiger partial charge is 0.503 e. The third kappa shape index (κ3) is 4.47. The lowest BCUT2D eigenvalue weighted by Gasteiger charge is -2.31. The second kappa shape index (κ2) is 9.85. The third-order valence-electron chi connectivity index (χ3n) is 6.43. The molecule has 9 heteroatoms. The van der Waals surface area contributed by atoms with Crippen molar-refractivity contribution >= 4 is 38.6 Å². The van der Waals surface area contributed by atoms with Gasteiger partial charge >= 0.3 is 0 Å². The lowest BCUT2D eigenvalue weighted by atomic mass is 9.95. The van der Waals surface area contributed by atoms with Crippen molar-refractivity contribution < 1.29 is 28.6 Å². The zero-order chi connectivity index (χ0) is 24.5. The first-order chi connectivity index (χ1) is 17.0. The second-order valence-corrected chi connectivity index (χ2v) is 9.41. The van der Waals surface area contributed by atoms with Crippen molar-refractivity contribution in [3.05, 3.63) is 75.7 Å². The number of furan rings is 1. The zero-order valence-corrected chi connectivity index (χ0v) is 20.8. The summed E-state index contributed by atoms with van der Waals surface area (Å²) in [6.07, 6.45) is 0. The number of benzene rings is 2.